The van der Waals surface area contributed by atoms with Crippen molar-refractivity contribution in [3.8, 4) is 0 Å². The summed E-state index contributed by atoms with van der Waals surface area (Å²) in [7, 11) is 0.697. The van der Waals surface area contributed by atoms with Crippen LogP contribution in [-0.2, 0) is 28.1 Å². The van der Waals surface area contributed by atoms with Gasteiger partial charge in [-0.05, 0) is 41.5 Å². The second-order valence-corrected chi connectivity index (χ2v) is 12.0. The van der Waals surface area contributed by atoms with Gasteiger partial charge in [-0.2, -0.15) is 0 Å². The number of tetrazole rings is 1. The molecule has 3 N–H and O–H groups in total. The number of sulfone groups is 1. The van der Waals surface area contributed by atoms with E-state index in [1.54, 1.807) is 18.2 Å². The predicted octanol–water partition coefficient (Wildman–Crippen LogP) is 2.21. The number of carbonyl (C=O) groups excluding carboxylic acids is 2. The SMILES string of the molecule is CN(C)c1ccc(NC(=O)Nc2nc(CC(=O)O)c(S(=O)(=O)c3nnnn3C)s2)c(C(=O)C2CCCC2)c1. The zero-order valence-electron chi connectivity index (χ0n) is 20.8. The number of carboxylic acid groups (broad SMARTS) is 1. The number of nitrogens with one attached hydrogen (secondary N) is 2. The monoisotopic (exact) mass is 562 g/mol. The molecule has 4 rings (SSSR count). The van der Waals surface area contributed by atoms with Crippen LogP contribution in [0.25, 0.3) is 0 Å². The number of hydrogen-bond donors (Lipinski definition) is 3. The Hall–Kier alpha value is -3.92. The van der Waals surface area contributed by atoms with Crippen LogP contribution in [0.2, 0.25) is 0 Å². The van der Waals surface area contributed by atoms with Crippen LogP contribution in [0, 0.1) is 5.92 Å². The molecular weight excluding hydrogens is 536 g/mol. The molecule has 14 nitrogen and oxygen atoms in total. The lowest BCUT2D eigenvalue weighted by Crippen LogP contribution is -2.22. The molecule has 0 atom stereocenters. The molecule has 38 heavy (non-hydrogen) atoms. The van der Waals surface area contributed by atoms with E-state index in [2.05, 4.69) is 31.1 Å². The van der Waals surface area contributed by atoms with Gasteiger partial charge in [-0.15, -0.1) is 0 Å². The lowest BCUT2D eigenvalue weighted by Gasteiger charge is -2.18. The van der Waals surface area contributed by atoms with Crippen LogP contribution in [0.1, 0.15) is 41.7 Å². The Morgan fingerprint density at radius 1 is 1.18 bits per heavy atom. The van der Waals surface area contributed by atoms with Gasteiger partial charge in [0.1, 0.15) is 0 Å². The summed E-state index contributed by atoms with van der Waals surface area (Å²) < 4.78 is 26.7. The van der Waals surface area contributed by atoms with Gasteiger partial charge in [-0.1, -0.05) is 29.3 Å². The molecule has 1 aliphatic rings. The molecule has 1 fully saturated rings. The van der Waals surface area contributed by atoms with E-state index in [1.807, 2.05) is 19.0 Å². The normalized spacial score (nSPS) is 13.9. The van der Waals surface area contributed by atoms with E-state index in [-0.39, 0.29) is 22.5 Å². The van der Waals surface area contributed by atoms with Crippen molar-refractivity contribution >= 4 is 55.5 Å². The second kappa shape index (κ2) is 10.8. The van der Waals surface area contributed by atoms with Gasteiger partial charge in [0.15, 0.2) is 15.1 Å². The molecule has 3 aromatic rings. The molecule has 0 saturated heterocycles. The second-order valence-electron chi connectivity index (χ2n) is 8.96. The molecule has 2 heterocycles. The summed E-state index contributed by atoms with van der Waals surface area (Å²) in [6.45, 7) is 0. The lowest BCUT2D eigenvalue weighted by molar-refractivity contribution is -0.136. The zero-order chi connectivity index (χ0) is 27.6. The molecular formula is C22H26N8O6S2. The van der Waals surface area contributed by atoms with E-state index in [9.17, 15) is 27.9 Å². The fourth-order valence-corrected chi connectivity index (χ4v) is 6.90. The quantitative estimate of drug-likeness (QED) is 0.324. The van der Waals surface area contributed by atoms with Crippen LogP contribution >= 0.6 is 11.3 Å². The third-order valence-electron chi connectivity index (χ3n) is 6.03. The molecule has 0 unspecified atom stereocenters. The van der Waals surface area contributed by atoms with Gasteiger partial charge in [-0.25, -0.2) is 22.9 Å². The zero-order valence-corrected chi connectivity index (χ0v) is 22.5. The van der Waals surface area contributed by atoms with Crippen molar-refractivity contribution in [3.05, 3.63) is 29.5 Å². The number of aryl methyl sites for hydroxylation is 1. The van der Waals surface area contributed by atoms with Gasteiger partial charge in [0.05, 0.1) is 17.8 Å². The number of rotatable bonds is 9. The standard InChI is InChI=1S/C22H26N8O6S2/c1-29(2)13-8-9-15(14(10-13)18(33)12-6-4-5-7-12)23-20(34)25-21-24-16(11-17(31)32)19(37-21)38(35,36)22-26-27-28-30(22)3/h8-10,12H,4-7,11H2,1-3H3,(H,31,32)(H2,23,24,25,34). The Morgan fingerprint density at radius 2 is 1.89 bits per heavy atom. The molecule has 1 saturated carbocycles. The average Bonchev–Trinajstić information content (AvgIpc) is 3.60. The number of amides is 2. The highest BCUT2D eigenvalue weighted by Gasteiger charge is 2.32. The van der Waals surface area contributed by atoms with Gasteiger partial charge in [0.25, 0.3) is 15.0 Å². The van der Waals surface area contributed by atoms with Gasteiger partial charge < -0.3 is 15.3 Å². The Kier molecular flexibility index (Phi) is 7.73. The number of hydrogen-bond acceptors (Lipinski definition) is 11. The first-order valence-electron chi connectivity index (χ1n) is 11.6. The van der Waals surface area contributed by atoms with Crippen LogP contribution in [0.15, 0.2) is 27.6 Å². The number of urea groups is 1. The molecule has 0 aliphatic heterocycles. The third kappa shape index (κ3) is 5.65. The first-order chi connectivity index (χ1) is 18.0. The Bertz CT molecular complexity index is 1490. The number of ketones is 1. The highest BCUT2D eigenvalue weighted by molar-refractivity contribution is 7.93. The van der Waals surface area contributed by atoms with Crippen LogP contribution in [0.5, 0.6) is 0 Å². The van der Waals surface area contributed by atoms with Crippen molar-refractivity contribution in [3.63, 3.8) is 0 Å². The largest absolute Gasteiger partial charge is 0.481 e. The number of thiazole rings is 1. The van der Waals surface area contributed by atoms with Crippen molar-refractivity contribution in [2.45, 2.75) is 41.5 Å². The maximum Gasteiger partial charge on any atom is 0.325 e. The fourth-order valence-electron chi connectivity index (χ4n) is 4.17. The lowest BCUT2D eigenvalue weighted by atomic mass is 9.94. The fraction of sp³-hybridized carbons (Fsp3) is 0.409. The smallest absolute Gasteiger partial charge is 0.325 e. The third-order valence-corrected chi connectivity index (χ3v) is 9.29. The molecule has 2 amide bonds. The topological polar surface area (TPSA) is 189 Å². The molecule has 1 aromatic carbocycles. The van der Waals surface area contributed by atoms with Crippen LogP contribution in [0.4, 0.5) is 21.3 Å². The van der Waals surface area contributed by atoms with Gasteiger partial charge >= 0.3 is 12.0 Å². The molecule has 202 valence electrons. The number of nitrogens with zero attached hydrogens (tertiary/aromatic N) is 6. The first kappa shape index (κ1) is 27.1. The number of carbonyl (C=O) groups is 3. The highest BCUT2D eigenvalue weighted by Crippen LogP contribution is 2.34. The van der Waals surface area contributed by atoms with E-state index >= 15 is 0 Å². The van der Waals surface area contributed by atoms with Crippen molar-refractivity contribution in [1.29, 1.82) is 0 Å². The van der Waals surface area contributed by atoms with Crippen molar-refractivity contribution < 1.29 is 27.9 Å². The summed E-state index contributed by atoms with van der Waals surface area (Å²) >= 11 is 0.575. The van der Waals surface area contributed by atoms with Crippen LogP contribution in [0.3, 0.4) is 0 Å². The Balaban J connectivity index is 1.61. The number of Topliss-reactive ketones (excluding diaryl/α,β-unsaturated/α-hetero) is 1. The Labute approximate surface area is 222 Å². The molecule has 1 aliphatic carbocycles. The van der Waals surface area contributed by atoms with Crippen molar-refractivity contribution in [2.24, 2.45) is 13.0 Å². The molecule has 0 spiro atoms. The number of aromatic nitrogens is 5. The number of aliphatic carboxylic acids is 1. The summed E-state index contributed by atoms with van der Waals surface area (Å²) in [6, 6.07) is 4.34. The van der Waals surface area contributed by atoms with E-state index in [1.165, 1.54) is 7.05 Å². The maximum atomic E-state index is 13.2. The minimum atomic E-state index is -4.32. The van der Waals surface area contributed by atoms with Gasteiger partial charge in [-0.3, -0.25) is 14.9 Å². The molecule has 2 aromatic heterocycles. The summed E-state index contributed by atoms with van der Waals surface area (Å²) in [5.41, 5.74) is 1.20. The number of anilines is 3. The summed E-state index contributed by atoms with van der Waals surface area (Å²) in [5, 5.41) is 24.0. The van der Waals surface area contributed by atoms with Crippen LogP contribution < -0.4 is 15.5 Å². The summed E-state index contributed by atoms with van der Waals surface area (Å²) in [5.74, 6) is -1.48. The molecule has 0 bridgehead atoms. The average molecular weight is 563 g/mol. The molecule has 16 heteroatoms. The minimum Gasteiger partial charge on any atom is -0.481 e. The highest BCUT2D eigenvalue weighted by atomic mass is 32.2. The van der Waals surface area contributed by atoms with Crippen molar-refractivity contribution in [2.75, 3.05) is 29.6 Å². The van der Waals surface area contributed by atoms with Crippen LogP contribution in [-0.4, -0.2) is 70.6 Å². The first-order valence-corrected chi connectivity index (χ1v) is 13.9. The van der Waals surface area contributed by atoms with Crippen molar-refractivity contribution in [1.82, 2.24) is 25.2 Å². The Morgan fingerprint density at radius 3 is 2.50 bits per heavy atom. The summed E-state index contributed by atoms with van der Waals surface area (Å²) in [4.78, 5) is 43.4. The van der Waals surface area contributed by atoms with Gasteiger partial charge in [0, 0.05) is 38.3 Å². The minimum absolute atomic E-state index is 0.0508. The molecule has 0 radical (unpaired) electrons. The van der Waals surface area contributed by atoms with E-state index in [0.29, 0.717) is 22.6 Å². The summed E-state index contributed by atoms with van der Waals surface area (Å²) in [6.07, 6.45) is 2.84. The number of benzene rings is 1. The van der Waals surface area contributed by atoms with E-state index < -0.39 is 37.6 Å². The predicted molar refractivity (Wildman–Crippen MR) is 137 cm³/mol. The van der Waals surface area contributed by atoms with Gasteiger partial charge in [0.2, 0.25) is 0 Å². The maximum absolute atomic E-state index is 13.2. The van der Waals surface area contributed by atoms with E-state index in [0.717, 1.165) is 36.1 Å². The number of carboxylic acids is 1. The van der Waals surface area contributed by atoms with E-state index in [4.69, 9.17) is 0 Å².